The molecule has 2 aromatic rings. The van der Waals surface area contributed by atoms with Gasteiger partial charge in [0.1, 0.15) is 0 Å². The molecule has 3 N–H and O–H groups in total. The molecule has 0 saturated heterocycles. The molecule has 0 spiro atoms. The van der Waals surface area contributed by atoms with Crippen molar-refractivity contribution in [1.82, 2.24) is 9.88 Å². The van der Waals surface area contributed by atoms with E-state index in [0.29, 0.717) is 11.8 Å². The zero-order valence-electron chi connectivity index (χ0n) is 15.4. The normalized spacial score (nSPS) is 29.7. The van der Waals surface area contributed by atoms with Gasteiger partial charge in [0.15, 0.2) is 5.13 Å². The molecular formula is C21H26N4OS. The van der Waals surface area contributed by atoms with E-state index in [4.69, 9.17) is 10.7 Å². The highest BCUT2D eigenvalue weighted by atomic mass is 32.1. The Labute approximate surface area is 164 Å². The molecule has 4 unspecified atom stereocenters. The molecule has 1 aromatic carbocycles. The number of rotatable bonds is 4. The fourth-order valence-electron chi connectivity index (χ4n) is 5.19. The number of hydrogen-bond acceptors (Lipinski definition) is 5. The Morgan fingerprint density at radius 2 is 2.07 bits per heavy atom. The Hall–Kier alpha value is -1.76. The summed E-state index contributed by atoms with van der Waals surface area (Å²) in [5.74, 6) is 1.07. The lowest BCUT2D eigenvalue weighted by Crippen LogP contribution is -2.42. The first kappa shape index (κ1) is 17.3. The lowest BCUT2D eigenvalue weighted by atomic mass is 9.84. The highest BCUT2D eigenvalue weighted by Gasteiger charge is 2.49. The number of benzene rings is 1. The van der Waals surface area contributed by atoms with Crippen LogP contribution in [0.4, 0.5) is 5.13 Å². The Morgan fingerprint density at radius 1 is 1.26 bits per heavy atom. The smallest absolute Gasteiger partial charge is 0.231 e. The van der Waals surface area contributed by atoms with Crippen molar-refractivity contribution in [3.8, 4) is 0 Å². The first-order valence-corrected chi connectivity index (χ1v) is 10.8. The number of carbonyl (C=O) groups excluding carboxylic acids is 1. The molecule has 1 amide bonds. The van der Waals surface area contributed by atoms with E-state index in [9.17, 15) is 4.79 Å². The summed E-state index contributed by atoms with van der Waals surface area (Å²) in [5, 5.41) is 3.84. The minimum atomic E-state index is -0.0285. The van der Waals surface area contributed by atoms with Crippen LogP contribution in [-0.2, 0) is 24.3 Å². The summed E-state index contributed by atoms with van der Waals surface area (Å²) in [6.45, 7) is 2.88. The summed E-state index contributed by atoms with van der Waals surface area (Å²) in [6.07, 6.45) is 4.42. The van der Waals surface area contributed by atoms with Crippen molar-refractivity contribution in [3.63, 3.8) is 0 Å². The van der Waals surface area contributed by atoms with E-state index in [0.717, 1.165) is 49.7 Å². The summed E-state index contributed by atoms with van der Waals surface area (Å²) < 4.78 is 0. The van der Waals surface area contributed by atoms with Gasteiger partial charge in [-0.05, 0) is 36.7 Å². The molecule has 4 atom stereocenters. The van der Waals surface area contributed by atoms with Crippen LogP contribution in [0.3, 0.4) is 0 Å². The van der Waals surface area contributed by atoms with Gasteiger partial charge in [-0.3, -0.25) is 9.69 Å². The maximum atomic E-state index is 12.8. The number of nitrogens with one attached hydrogen (secondary N) is 1. The maximum absolute atomic E-state index is 12.8. The predicted molar refractivity (Wildman–Crippen MR) is 107 cm³/mol. The second-order valence-electron chi connectivity index (χ2n) is 8.26. The average Bonchev–Trinajstić information content (AvgIpc) is 3.36. The lowest BCUT2D eigenvalue weighted by Gasteiger charge is -2.26. The summed E-state index contributed by atoms with van der Waals surface area (Å²) in [7, 11) is 0. The number of carbonyl (C=O) groups is 1. The molecule has 5 nitrogen and oxygen atoms in total. The Balaban J connectivity index is 1.24. The molecule has 5 rings (SSSR count). The highest BCUT2D eigenvalue weighted by Crippen LogP contribution is 2.48. The number of fused-ring (bicyclic) bond motifs is 3. The highest BCUT2D eigenvalue weighted by molar-refractivity contribution is 7.15. The van der Waals surface area contributed by atoms with E-state index in [1.165, 1.54) is 16.9 Å². The third-order valence-corrected chi connectivity index (χ3v) is 7.57. The molecule has 0 radical (unpaired) electrons. The summed E-state index contributed by atoms with van der Waals surface area (Å²) >= 11 is 1.63. The number of thiazole rings is 1. The second kappa shape index (κ2) is 7.00. The molecule has 2 saturated carbocycles. The van der Waals surface area contributed by atoms with Crippen LogP contribution in [0.1, 0.15) is 35.4 Å². The molecule has 3 aliphatic rings. The van der Waals surface area contributed by atoms with Gasteiger partial charge in [-0.1, -0.05) is 30.3 Å². The maximum Gasteiger partial charge on any atom is 0.231 e. The topological polar surface area (TPSA) is 71.2 Å². The van der Waals surface area contributed by atoms with Gasteiger partial charge in [-0.2, -0.15) is 0 Å². The number of nitrogens with two attached hydrogens (primary N) is 1. The van der Waals surface area contributed by atoms with Crippen molar-refractivity contribution in [2.24, 2.45) is 23.5 Å². The van der Waals surface area contributed by atoms with E-state index in [-0.39, 0.29) is 17.9 Å². The van der Waals surface area contributed by atoms with Gasteiger partial charge in [-0.25, -0.2) is 4.98 Å². The second-order valence-corrected chi connectivity index (χ2v) is 9.34. The van der Waals surface area contributed by atoms with Crippen LogP contribution in [0.15, 0.2) is 30.3 Å². The van der Waals surface area contributed by atoms with Crippen molar-refractivity contribution >= 4 is 22.4 Å². The lowest BCUT2D eigenvalue weighted by molar-refractivity contribution is -0.121. The third kappa shape index (κ3) is 3.30. The first-order valence-electron chi connectivity index (χ1n) is 9.98. The minimum absolute atomic E-state index is 0.0275. The fourth-order valence-corrected chi connectivity index (χ4v) is 6.25. The SMILES string of the molecule is NC1C2CCC(C2)C1C(=O)Nc1nc2c(s1)CN(Cc1ccccc1)CC2. The summed E-state index contributed by atoms with van der Waals surface area (Å²) in [4.78, 5) is 21.2. The quantitative estimate of drug-likeness (QED) is 0.853. The zero-order chi connectivity index (χ0) is 18.4. The molecule has 1 aromatic heterocycles. The van der Waals surface area contributed by atoms with Crippen LogP contribution in [0.5, 0.6) is 0 Å². The van der Waals surface area contributed by atoms with Gasteiger partial charge in [0, 0.05) is 37.0 Å². The number of nitrogens with zero attached hydrogens (tertiary/aromatic N) is 2. The number of hydrogen-bond donors (Lipinski definition) is 2. The van der Waals surface area contributed by atoms with Crippen molar-refractivity contribution in [1.29, 1.82) is 0 Å². The van der Waals surface area contributed by atoms with Gasteiger partial charge in [0.05, 0.1) is 11.6 Å². The Morgan fingerprint density at radius 3 is 2.85 bits per heavy atom. The largest absolute Gasteiger partial charge is 0.327 e. The van der Waals surface area contributed by atoms with Crippen LogP contribution >= 0.6 is 11.3 Å². The van der Waals surface area contributed by atoms with E-state index in [2.05, 4.69) is 40.5 Å². The van der Waals surface area contributed by atoms with Crippen LogP contribution in [0.25, 0.3) is 0 Å². The van der Waals surface area contributed by atoms with Gasteiger partial charge >= 0.3 is 0 Å². The Bertz CT molecular complexity index is 834. The minimum Gasteiger partial charge on any atom is -0.327 e. The van der Waals surface area contributed by atoms with Crippen molar-refractivity contribution < 1.29 is 4.79 Å². The van der Waals surface area contributed by atoms with Crippen LogP contribution in [0.2, 0.25) is 0 Å². The molecule has 2 heterocycles. The predicted octanol–water partition coefficient (Wildman–Crippen LogP) is 3.01. The monoisotopic (exact) mass is 382 g/mol. The molecule has 142 valence electrons. The summed E-state index contributed by atoms with van der Waals surface area (Å²) in [5.41, 5.74) is 8.81. The number of anilines is 1. The standard InChI is InChI=1S/C21H26N4OS/c22-19-15-7-6-14(10-15)18(19)20(26)24-21-23-16-8-9-25(12-17(16)27-21)11-13-4-2-1-3-5-13/h1-5,14-15,18-19H,6-12,22H2,(H,23,24,26). The van der Waals surface area contributed by atoms with Gasteiger partial charge in [0.25, 0.3) is 0 Å². The van der Waals surface area contributed by atoms with Crippen molar-refractivity contribution in [3.05, 3.63) is 46.5 Å². The van der Waals surface area contributed by atoms with Crippen molar-refractivity contribution in [2.45, 2.75) is 44.8 Å². The van der Waals surface area contributed by atoms with Gasteiger partial charge < -0.3 is 11.1 Å². The molecular weight excluding hydrogens is 356 g/mol. The van der Waals surface area contributed by atoms with Crippen LogP contribution < -0.4 is 11.1 Å². The molecule has 2 bridgehead atoms. The zero-order valence-corrected chi connectivity index (χ0v) is 16.3. The first-order chi connectivity index (χ1) is 13.2. The van der Waals surface area contributed by atoms with Gasteiger partial charge in [-0.15, -0.1) is 11.3 Å². The Kier molecular flexibility index (Phi) is 4.50. The van der Waals surface area contributed by atoms with E-state index in [1.54, 1.807) is 11.3 Å². The summed E-state index contributed by atoms with van der Waals surface area (Å²) in [6, 6.07) is 10.6. The molecule has 27 heavy (non-hydrogen) atoms. The van der Waals surface area contributed by atoms with Crippen LogP contribution in [0, 0.1) is 17.8 Å². The van der Waals surface area contributed by atoms with Gasteiger partial charge in [0.2, 0.25) is 5.91 Å². The molecule has 2 fully saturated rings. The van der Waals surface area contributed by atoms with E-state index < -0.39 is 0 Å². The number of amides is 1. The molecule has 1 aliphatic heterocycles. The molecule has 2 aliphatic carbocycles. The number of aromatic nitrogens is 1. The third-order valence-electron chi connectivity index (χ3n) is 6.57. The van der Waals surface area contributed by atoms with E-state index >= 15 is 0 Å². The van der Waals surface area contributed by atoms with Crippen molar-refractivity contribution in [2.75, 3.05) is 11.9 Å². The van der Waals surface area contributed by atoms with E-state index in [1.807, 2.05) is 0 Å². The van der Waals surface area contributed by atoms with Crippen LogP contribution in [-0.4, -0.2) is 28.4 Å². The molecule has 6 heteroatoms. The fraction of sp³-hybridized carbons (Fsp3) is 0.524. The average molecular weight is 383 g/mol.